The zero-order valence-corrected chi connectivity index (χ0v) is 14.7. The van der Waals surface area contributed by atoms with Gasteiger partial charge in [-0.2, -0.15) is 10.2 Å². The molecular formula is C18H15ClN4S. The van der Waals surface area contributed by atoms with E-state index in [2.05, 4.69) is 28.3 Å². The number of nitrogens with one attached hydrogen (secondary N) is 1. The Morgan fingerprint density at radius 3 is 3.08 bits per heavy atom. The molecule has 1 aromatic carbocycles. The summed E-state index contributed by atoms with van der Waals surface area (Å²) in [6, 6.07) is 9.52. The Balaban J connectivity index is 1.84. The number of halogens is 1. The summed E-state index contributed by atoms with van der Waals surface area (Å²) in [4.78, 5) is 11.2. The number of hydrogen-bond donors (Lipinski definition) is 1. The normalized spacial score (nSPS) is 16.6. The maximum absolute atomic E-state index is 9.07. The van der Waals surface area contributed by atoms with Crippen LogP contribution in [-0.4, -0.2) is 9.97 Å². The van der Waals surface area contributed by atoms with Crippen molar-refractivity contribution in [2.75, 3.05) is 5.32 Å². The molecule has 3 aromatic rings. The van der Waals surface area contributed by atoms with E-state index in [1.165, 1.54) is 16.9 Å². The van der Waals surface area contributed by atoms with Gasteiger partial charge in [-0.3, -0.25) is 0 Å². The standard InChI is InChI=1S/C18H15ClN4S/c1-10-5-6-13-14(7-10)24-17-15(13)16(22-18(19)23-17)21-12-4-2-3-11(8-12)9-20/h2-4,8,10H,5-7H2,1H3,(H,21,22,23). The molecule has 0 aliphatic heterocycles. The van der Waals surface area contributed by atoms with Gasteiger partial charge in [-0.15, -0.1) is 11.3 Å². The zero-order chi connectivity index (χ0) is 16.7. The minimum atomic E-state index is 0.244. The first kappa shape index (κ1) is 15.4. The highest BCUT2D eigenvalue weighted by molar-refractivity contribution is 7.19. The predicted octanol–water partition coefficient (Wildman–Crippen LogP) is 5.08. The van der Waals surface area contributed by atoms with Crippen molar-refractivity contribution in [1.29, 1.82) is 5.26 Å². The molecule has 0 fully saturated rings. The SMILES string of the molecule is CC1CCc2c(sc3nc(Cl)nc(Nc4cccc(C#N)c4)c23)C1. The number of aryl methyl sites for hydroxylation is 1. The van der Waals surface area contributed by atoms with Crippen molar-refractivity contribution < 1.29 is 0 Å². The molecule has 2 heterocycles. The molecule has 0 radical (unpaired) electrons. The predicted molar refractivity (Wildman–Crippen MR) is 98.1 cm³/mol. The second-order valence-corrected chi connectivity index (χ2v) is 7.61. The Hall–Kier alpha value is -2.16. The fourth-order valence-electron chi connectivity index (χ4n) is 3.21. The summed E-state index contributed by atoms with van der Waals surface area (Å²) in [5.41, 5.74) is 2.79. The van der Waals surface area contributed by atoms with E-state index in [0.29, 0.717) is 11.5 Å². The smallest absolute Gasteiger partial charge is 0.225 e. The van der Waals surface area contributed by atoms with Crippen LogP contribution in [0.4, 0.5) is 11.5 Å². The van der Waals surface area contributed by atoms with Crippen LogP contribution in [-0.2, 0) is 12.8 Å². The van der Waals surface area contributed by atoms with Crippen LogP contribution in [0.2, 0.25) is 5.28 Å². The van der Waals surface area contributed by atoms with Gasteiger partial charge in [0.25, 0.3) is 0 Å². The van der Waals surface area contributed by atoms with Crippen LogP contribution >= 0.6 is 22.9 Å². The quantitative estimate of drug-likeness (QED) is 0.651. The maximum Gasteiger partial charge on any atom is 0.225 e. The molecule has 1 atom stereocenters. The molecule has 120 valence electrons. The summed E-state index contributed by atoms with van der Waals surface area (Å²) >= 11 is 7.86. The molecule has 1 N–H and O–H groups in total. The van der Waals surface area contributed by atoms with Gasteiger partial charge < -0.3 is 5.32 Å². The van der Waals surface area contributed by atoms with E-state index >= 15 is 0 Å². The number of rotatable bonds is 2. The highest BCUT2D eigenvalue weighted by Crippen LogP contribution is 2.41. The van der Waals surface area contributed by atoms with Crippen molar-refractivity contribution in [3.05, 3.63) is 45.6 Å². The maximum atomic E-state index is 9.07. The number of hydrogen-bond acceptors (Lipinski definition) is 5. The van der Waals surface area contributed by atoms with Gasteiger partial charge in [-0.05, 0) is 60.5 Å². The first-order valence-electron chi connectivity index (χ1n) is 7.89. The molecule has 24 heavy (non-hydrogen) atoms. The Labute approximate surface area is 149 Å². The van der Waals surface area contributed by atoms with E-state index in [-0.39, 0.29) is 5.28 Å². The summed E-state index contributed by atoms with van der Waals surface area (Å²) in [7, 11) is 0. The molecule has 0 amide bonds. The van der Waals surface area contributed by atoms with Gasteiger partial charge in [0, 0.05) is 10.6 Å². The fourth-order valence-corrected chi connectivity index (χ4v) is 4.81. The third-order valence-corrected chi connectivity index (χ3v) is 5.70. The highest BCUT2D eigenvalue weighted by atomic mass is 35.5. The van der Waals surface area contributed by atoms with Gasteiger partial charge in [0.05, 0.1) is 17.0 Å². The van der Waals surface area contributed by atoms with Crippen LogP contribution in [0.3, 0.4) is 0 Å². The van der Waals surface area contributed by atoms with Gasteiger partial charge in [-0.25, -0.2) is 4.98 Å². The minimum absolute atomic E-state index is 0.244. The summed E-state index contributed by atoms with van der Waals surface area (Å²) in [5, 5.41) is 13.7. The highest BCUT2D eigenvalue weighted by Gasteiger charge is 2.23. The van der Waals surface area contributed by atoms with E-state index in [4.69, 9.17) is 16.9 Å². The van der Waals surface area contributed by atoms with Crippen LogP contribution in [0.25, 0.3) is 10.2 Å². The fraction of sp³-hybridized carbons (Fsp3) is 0.278. The lowest BCUT2D eigenvalue weighted by Crippen LogP contribution is -2.09. The van der Waals surface area contributed by atoms with E-state index < -0.39 is 0 Å². The molecule has 0 bridgehead atoms. The van der Waals surface area contributed by atoms with Crippen LogP contribution in [0, 0.1) is 17.2 Å². The van der Waals surface area contributed by atoms with Gasteiger partial charge in [-0.1, -0.05) is 13.0 Å². The van der Waals surface area contributed by atoms with Crippen molar-refractivity contribution in [2.24, 2.45) is 5.92 Å². The van der Waals surface area contributed by atoms with Crippen molar-refractivity contribution in [1.82, 2.24) is 9.97 Å². The summed E-state index contributed by atoms with van der Waals surface area (Å²) in [6.07, 6.45) is 3.33. The molecule has 0 saturated heterocycles. The van der Waals surface area contributed by atoms with Crippen molar-refractivity contribution >= 4 is 44.7 Å². The van der Waals surface area contributed by atoms with Gasteiger partial charge in [0.2, 0.25) is 5.28 Å². The Morgan fingerprint density at radius 2 is 2.25 bits per heavy atom. The van der Waals surface area contributed by atoms with Crippen LogP contribution in [0.5, 0.6) is 0 Å². The lowest BCUT2D eigenvalue weighted by molar-refractivity contribution is 0.509. The largest absolute Gasteiger partial charge is 0.339 e. The lowest BCUT2D eigenvalue weighted by Gasteiger charge is -2.18. The minimum Gasteiger partial charge on any atom is -0.339 e. The molecule has 0 saturated carbocycles. The van der Waals surface area contributed by atoms with E-state index in [0.717, 1.165) is 34.6 Å². The molecule has 4 rings (SSSR count). The summed E-state index contributed by atoms with van der Waals surface area (Å²) in [5.74, 6) is 1.44. The van der Waals surface area contributed by atoms with Crippen molar-refractivity contribution in [3.8, 4) is 6.07 Å². The average Bonchev–Trinajstić information content (AvgIpc) is 2.92. The number of nitrogens with zero attached hydrogens (tertiary/aromatic N) is 3. The second kappa shape index (κ2) is 6.04. The topological polar surface area (TPSA) is 61.6 Å². The number of thiophene rings is 1. The van der Waals surface area contributed by atoms with Crippen LogP contribution in [0.1, 0.15) is 29.3 Å². The van der Waals surface area contributed by atoms with Crippen LogP contribution in [0.15, 0.2) is 24.3 Å². The van der Waals surface area contributed by atoms with E-state index in [9.17, 15) is 0 Å². The molecule has 1 unspecified atom stereocenters. The summed E-state index contributed by atoms with van der Waals surface area (Å²) < 4.78 is 0. The number of nitriles is 1. The van der Waals surface area contributed by atoms with E-state index in [1.54, 1.807) is 17.4 Å². The zero-order valence-electron chi connectivity index (χ0n) is 13.1. The number of aromatic nitrogens is 2. The molecule has 0 spiro atoms. The number of anilines is 2. The molecule has 4 nitrogen and oxygen atoms in total. The first-order chi connectivity index (χ1) is 11.6. The summed E-state index contributed by atoms with van der Waals surface area (Å²) in [6.45, 7) is 2.29. The molecular weight excluding hydrogens is 340 g/mol. The molecule has 2 aromatic heterocycles. The Morgan fingerprint density at radius 1 is 1.38 bits per heavy atom. The van der Waals surface area contributed by atoms with Crippen molar-refractivity contribution in [2.45, 2.75) is 26.2 Å². The Bertz CT molecular complexity index is 973. The monoisotopic (exact) mass is 354 g/mol. The molecule has 6 heteroatoms. The Kier molecular flexibility index (Phi) is 3.87. The number of fused-ring (bicyclic) bond motifs is 3. The van der Waals surface area contributed by atoms with Gasteiger partial charge in [0.1, 0.15) is 10.6 Å². The van der Waals surface area contributed by atoms with Gasteiger partial charge >= 0.3 is 0 Å². The van der Waals surface area contributed by atoms with Crippen molar-refractivity contribution in [3.63, 3.8) is 0 Å². The number of benzene rings is 1. The molecule has 1 aliphatic carbocycles. The second-order valence-electron chi connectivity index (χ2n) is 6.19. The average molecular weight is 355 g/mol. The van der Waals surface area contributed by atoms with E-state index in [1.807, 2.05) is 18.2 Å². The van der Waals surface area contributed by atoms with Gasteiger partial charge in [0.15, 0.2) is 0 Å². The van der Waals surface area contributed by atoms with Crippen LogP contribution < -0.4 is 5.32 Å². The molecule has 1 aliphatic rings. The lowest BCUT2D eigenvalue weighted by atomic mass is 9.89. The first-order valence-corrected chi connectivity index (χ1v) is 9.08. The third-order valence-electron chi connectivity index (χ3n) is 4.38. The third kappa shape index (κ3) is 2.72.